The zero-order valence-electron chi connectivity index (χ0n) is 14.0. The van der Waals surface area contributed by atoms with E-state index in [9.17, 15) is 14.0 Å². The van der Waals surface area contributed by atoms with E-state index in [0.717, 1.165) is 17.5 Å². The van der Waals surface area contributed by atoms with Gasteiger partial charge in [0.15, 0.2) is 5.16 Å². The summed E-state index contributed by atoms with van der Waals surface area (Å²) in [4.78, 5) is 30.0. The van der Waals surface area contributed by atoms with Crippen LogP contribution in [-0.2, 0) is 16.0 Å². The summed E-state index contributed by atoms with van der Waals surface area (Å²) in [7, 11) is 1.32. The first-order valence-electron chi connectivity index (χ1n) is 7.73. The fraction of sp³-hybridized carbons (Fsp3) is 0.353. The maximum absolute atomic E-state index is 13.3. The van der Waals surface area contributed by atoms with E-state index >= 15 is 0 Å². The van der Waals surface area contributed by atoms with Crippen LogP contribution in [0.4, 0.5) is 4.39 Å². The first kappa shape index (κ1) is 18.0. The van der Waals surface area contributed by atoms with Gasteiger partial charge in [-0.3, -0.25) is 14.2 Å². The summed E-state index contributed by atoms with van der Waals surface area (Å²) in [5.41, 5.74) is 1.08. The number of esters is 1. The molecule has 0 unspecified atom stereocenters. The van der Waals surface area contributed by atoms with E-state index in [1.165, 1.54) is 47.7 Å². The van der Waals surface area contributed by atoms with Crippen LogP contribution in [0.1, 0.15) is 19.5 Å². The highest BCUT2D eigenvalue weighted by molar-refractivity contribution is 8.00. The van der Waals surface area contributed by atoms with Crippen molar-refractivity contribution >= 4 is 29.5 Å². The molecule has 0 bridgehead atoms. The van der Waals surface area contributed by atoms with Crippen molar-refractivity contribution in [2.24, 2.45) is 0 Å². The third kappa shape index (κ3) is 3.59. The van der Waals surface area contributed by atoms with Gasteiger partial charge in [-0.15, -0.1) is 11.8 Å². The lowest BCUT2D eigenvalue weighted by Gasteiger charge is -2.15. The second kappa shape index (κ2) is 7.21. The molecule has 0 saturated heterocycles. The summed E-state index contributed by atoms with van der Waals surface area (Å²) in [6, 6.07) is 5.65. The molecule has 1 aromatic heterocycles. The Morgan fingerprint density at radius 1 is 1.44 bits per heavy atom. The maximum Gasteiger partial charge on any atom is 0.318 e. The summed E-state index contributed by atoms with van der Waals surface area (Å²) < 4.78 is 19.5. The molecular formula is C17H17FN2O3S2. The molecule has 5 nitrogen and oxygen atoms in total. The molecule has 0 N–H and O–H groups in total. The number of aromatic nitrogens is 2. The second-order valence-corrected chi connectivity index (χ2v) is 8.46. The fourth-order valence-corrected chi connectivity index (χ4v) is 4.64. The average Bonchev–Trinajstić information content (AvgIpc) is 2.96. The number of fused-ring (bicyclic) bond motifs is 1. The summed E-state index contributed by atoms with van der Waals surface area (Å²) in [5.74, 6) is -0.779. The molecule has 0 radical (unpaired) electrons. The Kier molecular flexibility index (Phi) is 5.19. The number of ether oxygens (including phenoxy) is 1. The van der Waals surface area contributed by atoms with Gasteiger partial charge in [0.25, 0.3) is 5.56 Å². The van der Waals surface area contributed by atoms with Crippen LogP contribution in [-0.4, -0.2) is 33.1 Å². The van der Waals surface area contributed by atoms with Gasteiger partial charge in [0, 0.05) is 11.7 Å². The topological polar surface area (TPSA) is 61.2 Å². The zero-order valence-corrected chi connectivity index (χ0v) is 15.6. The van der Waals surface area contributed by atoms with Crippen molar-refractivity contribution in [3.05, 3.63) is 46.1 Å². The lowest BCUT2D eigenvalue weighted by atomic mass is 10.2. The van der Waals surface area contributed by atoms with E-state index in [0.29, 0.717) is 22.2 Å². The zero-order chi connectivity index (χ0) is 18.1. The van der Waals surface area contributed by atoms with Crippen molar-refractivity contribution in [3.8, 4) is 5.69 Å². The standard InChI is InChI=1S/C17H17FN2O3S2/c1-9-8-13-14(24-9)15(21)20(12-6-4-11(18)5-7-12)17(19-13)25-10(2)16(22)23-3/h4-7,9-10H,8H2,1-3H3/t9-,10+/m0/s1. The molecule has 2 heterocycles. The van der Waals surface area contributed by atoms with Gasteiger partial charge in [-0.05, 0) is 31.2 Å². The Morgan fingerprint density at radius 2 is 2.12 bits per heavy atom. The number of carbonyl (C=O) groups is 1. The Bertz CT molecular complexity index is 867. The molecule has 25 heavy (non-hydrogen) atoms. The smallest absolute Gasteiger partial charge is 0.318 e. The van der Waals surface area contributed by atoms with E-state index < -0.39 is 11.2 Å². The summed E-state index contributed by atoms with van der Waals surface area (Å²) in [5, 5.41) is 0.159. The first-order chi connectivity index (χ1) is 11.9. The fourth-order valence-electron chi connectivity index (χ4n) is 2.57. The molecule has 0 saturated carbocycles. The monoisotopic (exact) mass is 380 g/mol. The van der Waals surface area contributed by atoms with Gasteiger partial charge < -0.3 is 4.74 Å². The maximum atomic E-state index is 13.3. The van der Waals surface area contributed by atoms with E-state index in [1.54, 1.807) is 6.92 Å². The van der Waals surface area contributed by atoms with Crippen LogP contribution in [0.25, 0.3) is 5.69 Å². The van der Waals surface area contributed by atoms with E-state index in [-0.39, 0.29) is 16.6 Å². The SMILES string of the molecule is COC(=O)[C@@H](C)Sc1nc2c(c(=O)n1-c1ccc(F)cc1)S[C@@H](C)C2. The van der Waals surface area contributed by atoms with Crippen LogP contribution in [0.2, 0.25) is 0 Å². The number of benzene rings is 1. The molecule has 3 rings (SSSR count). The Hall–Kier alpha value is -1.80. The van der Waals surface area contributed by atoms with Gasteiger partial charge in [0.1, 0.15) is 11.1 Å². The number of carbonyl (C=O) groups excluding carboxylic acids is 1. The largest absolute Gasteiger partial charge is 0.468 e. The molecule has 0 amide bonds. The third-order valence-corrected chi connectivity index (χ3v) is 6.03. The highest BCUT2D eigenvalue weighted by Gasteiger charge is 2.28. The Morgan fingerprint density at radius 3 is 2.76 bits per heavy atom. The predicted octanol–water partition coefficient (Wildman–Crippen LogP) is 3.06. The predicted molar refractivity (Wildman–Crippen MR) is 96.2 cm³/mol. The molecule has 2 aromatic rings. The number of hydrogen-bond donors (Lipinski definition) is 0. The summed E-state index contributed by atoms with van der Waals surface area (Å²) in [6.45, 7) is 3.74. The molecule has 0 aliphatic carbocycles. The highest BCUT2D eigenvalue weighted by atomic mass is 32.2. The number of rotatable bonds is 4. The summed E-state index contributed by atoms with van der Waals surface area (Å²) >= 11 is 2.65. The minimum absolute atomic E-state index is 0.189. The van der Waals surface area contributed by atoms with Gasteiger partial charge in [-0.1, -0.05) is 18.7 Å². The number of methoxy groups -OCH3 is 1. The van der Waals surface area contributed by atoms with E-state index in [2.05, 4.69) is 4.98 Å². The lowest BCUT2D eigenvalue weighted by Crippen LogP contribution is -2.25. The highest BCUT2D eigenvalue weighted by Crippen LogP contribution is 2.35. The van der Waals surface area contributed by atoms with Gasteiger partial charge in [0.05, 0.1) is 23.4 Å². The van der Waals surface area contributed by atoms with Crippen molar-refractivity contribution in [1.29, 1.82) is 0 Å². The molecule has 2 atom stereocenters. The van der Waals surface area contributed by atoms with Crippen LogP contribution >= 0.6 is 23.5 Å². The van der Waals surface area contributed by atoms with Crippen LogP contribution in [0.15, 0.2) is 39.1 Å². The van der Waals surface area contributed by atoms with Crippen LogP contribution in [0.3, 0.4) is 0 Å². The van der Waals surface area contributed by atoms with Crippen molar-refractivity contribution in [2.75, 3.05) is 7.11 Å². The van der Waals surface area contributed by atoms with Crippen LogP contribution < -0.4 is 5.56 Å². The van der Waals surface area contributed by atoms with Gasteiger partial charge in [-0.25, -0.2) is 9.37 Å². The molecule has 1 aliphatic heterocycles. The minimum Gasteiger partial charge on any atom is -0.468 e. The molecule has 8 heteroatoms. The van der Waals surface area contributed by atoms with Crippen molar-refractivity contribution < 1.29 is 13.9 Å². The van der Waals surface area contributed by atoms with Crippen LogP contribution in [0.5, 0.6) is 0 Å². The Balaban J connectivity index is 2.13. The first-order valence-corrected chi connectivity index (χ1v) is 9.49. The van der Waals surface area contributed by atoms with Crippen molar-refractivity contribution in [1.82, 2.24) is 9.55 Å². The van der Waals surface area contributed by atoms with E-state index in [4.69, 9.17) is 4.74 Å². The Labute approximate surface area is 153 Å². The molecule has 0 fully saturated rings. The van der Waals surface area contributed by atoms with Gasteiger partial charge in [-0.2, -0.15) is 0 Å². The number of nitrogens with zero attached hydrogens (tertiary/aromatic N) is 2. The lowest BCUT2D eigenvalue weighted by molar-refractivity contribution is -0.139. The third-order valence-electron chi connectivity index (χ3n) is 3.78. The molecule has 1 aromatic carbocycles. The minimum atomic E-state index is -0.520. The second-order valence-electron chi connectivity index (χ2n) is 5.70. The number of halogens is 1. The molecule has 0 spiro atoms. The number of hydrogen-bond acceptors (Lipinski definition) is 6. The normalized spacial score (nSPS) is 17.2. The molecule has 132 valence electrons. The van der Waals surface area contributed by atoms with Crippen molar-refractivity contribution in [3.63, 3.8) is 0 Å². The van der Waals surface area contributed by atoms with Gasteiger partial charge in [0.2, 0.25) is 0 Å². The molecular weight excluding hydrogens is 363 g/mol. The van der Waals surface area contributed by atoms with Crippen LogP contribution in [0, 0.1) is 5.82 Å². The quantitative estimate of drug-likeness (QED) is 0.462. The van der Waals surface area contributed by atoms with E-state index in [1.807, 2.05) is 6.92 Å². The molecule has 1 aliphatic rings. The summed E-state index contributed by atoms with van der Waals surface area (Å²) in [6.07, 6.45) is 0.708. The van der Waals surface area contributed by atoms with Crippen molar-refractivity contribution in [2.45, 2.75) is 40.8 Å². The number of thioether (sulfide) groups is 2. The average molecular weight is 380 g/mol. The van der Waals surface area contributed by atoms with Gasteiger partial charge >= 0.3 is 5.97 Å².